The summed E-state index contributed by atoms with van der Waals surface area (Å²) in [6.45, 7) is 2.54. The van der Waals surface area contributed by atoms with Crippen molar-refractivity contribution in [2.24, 2.45) is 0 Å². The molecule has 1 aromatic carbocycles. The average Bonchev–Trinajstić information content (AvgIpc) is 3.17. The van der Waals surface area contributed by atoms with Crippen LogP contribution in [0, 0.1) is 0 Å². The highest BCUT2D eigenvalue weighted by Crippen LogP contribution is 2.28. The number of nitrogens with one attached hydrogen (secondary N) is 2. The molecule has 3 rings (SSSR count). The van der Waals surface area contributed by atoms with Crippen molar-refractivity contribution in [2.45, 2.75) is 51.1 Å². The van der Waals surface area contributed by atoms with E-state index in [4.69, 9.17) is 0 Å². The van der Waals surface area contributed by atoms with Gasteiger partial charge in [0.25, 0.3) is 0 Å². The smallest absolute Gasteiger partial charge is 0.220 e. The first-order valence-corrected chi connectivity index (χ1v) is 8.62. The van der Waals surface area contributed by atoms with Crippen LogP contribution in [0.25, 0.3) is 11.0 Å². The van der Waals surface area contributed by atoms with E-state index in [-0.39, 0.29) is 17.4 Å². The number of carbonyl (C=O) groups is 2. The first kappa shape index (κ1) is 15.9. The van der Waals surface area contributed by atoms with Gasteiger partial charge in [-0.25, -0.2) is 0 Å². The van der Waals surface area contributed by atoms with Gasteiger partial charge in [-0.2, -0.15) is 8.75 Å². The molecule has 1 aromatic heterocycles. The summed E-state index contributed by atoms with van der Waals surface area (Å²) >= 11 is 1.19. The fourth-order valence-corrected chi connectivity index (χ4v) is 3.50. The van der Waals surface area contributed by atoms with Crippen LogP contribution in [0.15, 0.2) is 18.2 Å². The molecule has 1 saturated heterocycles. The topological polar surface area (TPSA) is 84.0 Å². The highest BCUT2D eigenvalue weighted by molar-refractivity contribution is 7.00. The third-order valence-corrected chi connectivity index (χ3v) is 5.11. The van der Waals surface area contributed by atoms with Gasteiger partial charge in [-0.1, -0.05) is 13.0 Å². The Morgan fingerprint density at radius 2 is 2.22 bits per heavy atom. The van der Waals surface area contributed by atoms with E-state index in [9.17, 15) is 9.59 Å². The highest BCUT2D eigenvalue weighted by Gasteiger charge is 2.35. The molecule has 2 heterocycles. The molecule has 1 fully saturated rings. The van der Waals surface area contributed by atoms with E-state index in [2.05, 4.69) is 26.3 Å². The van der Waals surface area contributed by atoms with Crippen molar-refractivity contribution in [3.63, 3.8) is 0 Å². The molecule has 0 bridgehead atoms. The van der Waals surface area contributed by atoms with Gasteiger partial charge < -0.3 is 10.6 Å². The molecule has 0 radical (unpaired) electrons. The van der Waals surface area contributed by atoms with Crippen LogP contribution in [-0.4, -0.2) is 26.1 Å². The molecule has 0 spiro atoms. The zero-order chi connectivity index (χ0) is 16.3. The Morgan fingerprint density at radius 3 is 2.96 bits per heavy atom. The fourth-order valence-electron chi connectivity index (χ4n) is 2.98. The van der Waals surface area contributed by atoms with Crippen molar-refractivity contribution < 1.29 is 9.59 Å². The standard InChI is InChI=1S/C16H20N4O2S/c1-2-16(8-6-15(22)18-16)7-5-14(21)17-10-11-3-4-12-13(9-11)20-23-19-12/h3-4,9H,2,5-8,10H2,1H3,(H,17,21)(H,18,22)/t16-/m1/s1. The van der Waals surface area contributed by atoms with E-state index >= 15 is 0 Å². The first-order valence-electron chi connectivity index (χ1n) is 7.89. The van der Waals surface area contributed by atoms with Crippen LogP contribution in [0.3, 0.4) is 0 Å². The van der Waals surface area contributed by atoms with Gasteiger partial charge >= 0.3 is 0 Å². The molecule has 23 heavy (non-hydrogen) atoms. The maximum Gasteiger partial charge on any atom is 0.220 e. The minimum Gasteiger partial charge on any atom is -0.352 e. The lowest BCUT2D eigenvalue weighted by Crippen LogP contribution is -2.42. The lowest BCUT2D eigenvalue weighted by atomic mass is 9.89. The monoisotopic (exact) mass is 332 g/mol. The van der Waals surface area contributed by atoms with E-state index in [1.165, 1.54) is 11.7 Å². The zero-order valence-corrected chi connectivity index (χ0v) is 13.9. The summed E-state index contributed by atoms with van der Waals surface area (Å²) in [4.78, 5) is 23.5. The zero-order valence-electron chi connectivity index (χ0n) is 13.1. The number of aromatic nitrogens is 2. The van der Waals surface area contributed by atoms with Crippen molar-refractivity contribution in [3.05, 3.63) is 23.8 Å². The number of benzene rings is 1. The summed E-state index contributed by atoms with van der Waals surface area (Å²) < 4.78 is 8.36. The van der Waals surface area contributed by atoms with Gasteiger partial charge in [0.1, 0.15) is 11.0 Å². The number of hydrogen-bond acceptors (Lipinski definition) is 5. The number of carbonyl (C=O) groups excluding carboxylic acids is 2. The number of nitrogens with zero attached hydrogens (tertiary/aromatic N) is 2. The van der Waals surface area contributed by atoms with Crippen LogP contribution in [0.4, 0.5) is 0 Å². The van der Waals surface area contributed by atoms with Crippen LogP contribution in [0.5, 0.6) is 0 Å². The lowest BCUT2D eigenvalue weighted by molar-refractivity contribution is -0.122. The highest BCUT2D eigenvalue weighted by atomic mass is 32.1. The van der Waals surface area contributed by atoms with Gasteiger partial charge in [-0.3, -0.25) is 9.59 Å². The summed E-state index contributed by atoms with van der Waals surface area (Å²) in [6.07, 6.45) is 3.37. The molecular weight excluding hydrogens is 312 g/mol. The molecule has 6 nitrogen and oxygen atoms in total. The molecule has 0 unspecified atom stereocenters. The molecule has 7 heteroatoms. The third kappa shape index (κ3) is 3.67. The molecule has 2 amide bonds. The number of rotatable bonds is 6. The van der Waals surface area contributed by atoms with Gasteiger partial charge in [0.2, 0.25) is 11.8 Å². The van der Waals surface area contributed by atoms with Crippen LogP contribution in [-0.2, 0) is 16.1 Å². The Bertz CT molecular complexity index is 730. The molecule has 1 aliphatic heterocycles. The van der Waals surface area contributed by atoms with Crippen molar-refractivity contribution >= 4 is 34.6 Å². The lowest BCUT2D eigenvalue weighted by Gasteiger charge is -2.27. The first-order chi connectivity index (χ1) is 11.1. The summed E-state index contributed by atoms with van der Waals surface area (Å²) in [5, 5.41) is 5.97. The van der Waals surface area contributed by atoms with E-state index in [0.717, 1.165) is 29.4 Å². The summed E-state index contributed by atoms with van der Waals surface area (Å²) in [5.41, 5.74) is 2.56. The van der Waals surface area contributed by atoms with Crippen LogP contribution < -0.4 is 10.6 Å². The number of hydrogen-bond donors (Lipinski definition) is 2. The summed E-state index contributed by atoms with van der Waals surface area (Å²) in [7, 11) is 0. The molecular formula is C16H20N4O2S. The Kier molecular flexibility index (Phi) is 4.56. The van der Waals surface area contributed by atoms with Gasteiger partial charge in [0.15, 0.2) is 0 Å². The summed E-state index contributed by atoms with van der Waals surface area (Å²) in [6, 6.07) is 5.82. The Labute approximate surface area is 139 Å². The van der Waals surface area contributed by atoms with Crippen molar-refractivity contribution in [3.8, 4) is 0 Å². The Balaban J connectivity index is 1.50. The van der Waals surface area contributed by atoms with Crippen molar-refractivity contribution in [2.75, 3.05) is 0 Å². The van der Waals surface area contributed by atoms with Crippen LogP contribution >= 0.6 is 11.7 Å². The van der Waals surface area contributed by atoms with Crippen LogP contribution in [0.1, 0.15) is 44.6 Å². The molecule has 1 atom stereocenters. The SMILES string of the molecule is CC[C@@]1(CCC(=O)NCc2ccc3nsnc3c2)CCC(=O)N1. The molecule has 122 valence electrons. The molecule has 2 N–H and O–H groups in total. The maximum absolute atomic E-state index is 12.1. The number of amides is 2. The second kappa shape index (κ2) is 6.62. The normalized spacial score (nSPS) is 20.7. The quantitative estimate of drug-likeness (QED) is 0.849. The van der Waals surface area contributed by atoms with Crippen LogP contribution in [0.2, 0.25) is 0 Å². The maximum atomic E-state index is 12.1. The number of fused-ring (bicyclic) bond motifs is 1. The van der Waals surface area contributed by atoms with E-state index in [1.54, 1.807) is 0 Å². The summed E-state index contributed by atoms with van der Waals surface area (Å²) in [5.74, 6) is 0.105. The Hall–Kier alpha value is -2.02. The largest absolute Gasteiger partial charge is 0.352 e. The second-order valence-corrected chi connectivity index (χ2v) is 6.57. The molecule has 0 saturated carbocycles. The predicted molar refractivity (Wildman–Crippen MR) is 88.9 cm³/mol. The van der Waals surface area contributed by atoms with Gasteiger partial charge in [-0.05, 0) is 37.0 Å². The fraction of sp³-hybridized carbons (Fsp3) is 0.500. The minimum absolute atomic E-state index is 0.00970. The molecule has 2 aromatic rings. The van der Waals surface area contributed by atoms with Gasteiger partial charge in [0, 0.05) is 24.9 Å². The van der Waals surface area contributed by atoms with Crippen molar-refractivity contribution in [1.82, 2.24) is 19.4 Å². The van der Waals surface area contributed by atoms with E-state index in [1.807, 2.05) is 18.2 Å². The average molecular weight is 332 g/mol. The van der Waals surface area contributed by atoms with Gasteiger partial charge in [-0.15, -0.1) is 0 Å². The second-order valence-electron chi connectivity index (χ2n) is 6.05. The van der Waals surface area contributed by atoms with Gasteiger partial charge in [0.05, 0.1) is 11.7 Å². The van der Waals surface area contributed by atoms with Crippen molar-refractivity contribution in [1.29, 1.82) is 0 Å². The minimum atomic E-state index is -0.195. The Morgan fingerprint density at radius 1 is 1.39 bits per heavy atom. The predicted octanol–water partition coefficient (Wildman–Crippen LogP) is 2.15. The van der Waals surface area contributed by atoms with E-state index < -0.39 is 0 Å². The van der Waals surface area contributed by atoms with E-state index in [0.29, 0.717) is 25.8 Å². The molecule has 1 aliphatic rings. The third-order valence-electron chi connectivity index (χ3n) is 4.55. The molecule has 0 aliphatic carbocycles.